The van der Waals surface area contributed by atoms with Crippen LogP contribution in [0.4, 0.5) is 17.1 Å². The maximum absolute atomic E-state index is 6.18. The first-order valence-corrected chi connectivity index (χ1v) is 21.5. The Morgan fingerprint density at radius 2 is 0.852 bits per heavy atom. The van der Waals surface area contributed by atoms with Crippen molar-refractivity contribution in [3.8, 4) is 44.5 Å². The zero-order valence-corrected chi connectivity index (χ0v) is 33.9. The van der Waals surface area contributed by atoms with Gasteiger partial charge in [0, 0.05) is 48.0 Å². The standard InChI is InChI=1S/C58H37NOS/c1-2-14-48-40(10-1)11-8-17-49(48)41-24-22-38(23-25-41)39-26-31-45(32-27-39)59(46-33-28-42(29-34-46)50-18-9-19-53-52-16-4-6-21-57(52)61-58(50)53)47-13-7-12-43(36-47)44-30-35-56-54(37-44)51-15-3-5-20-55(51)60-56/h1-37H. The van der Waals surface area contributed by atoms with E-state index in [4.69, 9.17) is 4.42 Å². The molecule has 12 rings (SSSR count). The fourth-order valence-electron chi connectivity index (χ4n) is 9.06. The molecule has 0 spiro atoms. The molecule has 0 unspecified atom stereocenters. The molecule has 10 aromatic carbocycles. The van der Waals surface area contributed by atoms with E-state index in [0.29, 0.717) is 0 Å². The van der Waals surface area contributed by atoms with Gasteiger partial charge in [-0.05, 0) is 116 Å². The third kappa shape index (κ3) is 6.18. The molecule has 286 valence electrons. The van der Waals surface area contributed by atoms with Crippen molar-refractivity contribution in [2.75, 3.05) is 4.90 Å². The molecule has 2 nitrogen and oxygen atoms in total. The first kappa shape index (κ1) is 35.2. The first-order valence-electron chi connectivity index (χ1n) is 20.7. The van der Waals surface area contributed by atoms with Crippen LogP contribution < -0.4 is 4.90 Å². The Kier molecular flexibility index (Phi) is 8.39. The summed E-state index contributed by atoms with van der Waals surface area (Å²) in [7, 11) is 0. The second kappa shape index (κ2) is 14.5. The number of hydrogen-bond acceptors (Lipinski definition) is 3. The smallest absolute Gasteiger partial charge is 0.135 e. The van der Waals surface area contributed by atoms with Crippen LogP contribution >= 0.6 is 11.3 Å². The van der Waals surface area contributed by atoms with E-state index in [1.54, 1.807) is 0 Å². The summed E-state index contributed by atoms with van der Waals surface area (Å²) in [6.07, 6.45) is 0. The van der Waals surface area contributed by atoms with Crippen LogP contribution in [0.15, 0.2) is 229 Å². The van der Waals surface area contributed by atoms with Gasteiger partial charge in [-0.1, -0.05) is 164 Å². The van der Waals surface area contributed by atoms with E-state index >= 15 is 0 Å². The molecule has 0 saturated carbocycles. The van der Waals surface area contributed by atoms with Crippen molar-refractivity contribution in [2.45, 2.75) is 0 Å². The number of fused-ring (bicyclic) bond motifs is 7. The number of hydrogen-bond donors (Lipinski definition) is 0. The van der Waals surface area contributed by atoms with Gasteiger partial charge in [-0.2, -0.15) is 0 Å². The van der Waals surface area contributed by atoms with E-state index in [1.165, 1.54) is 64.3 Å². The molecule has 61 heavy (non-hydrogen) atoms. The molecular weight excluding hydrogens is 759 g/mol. The molecule has 0 bridgehead atoms. The second-order valence-electron chi connectivity index (χ2n) is 15.7. The lowest BCUT2D eigenvalue weighted by atomic mass is 9.96. The van der Waals surface area contributed by atoms with Crippen LogP contribution in [0.5, 0.6) is 0 Å². The summed E-state index contributed by atoms with van der Waals surface area (Å²) in [6.45, 7) is 0. The topological polar surface area (TPSA) is 16.4 Å². The summed E-state index contributed by atoms with van der Waals surface area (Å²) in [5.74, 6) is 0. The highest BCUT2D eigenvalue weighted by Crippen LogP contribution is 2.43. The van der Waals surface area contributed by atoms with Gasteiger partial charge in [-0.25, -0.2) is 0 Å². The molecule has 0 amide bonds. The molecule has 12 aromatic rings. The molecule has 2 aromatic heterocycles. The maximum Gasteiger partial charge on any atom is 0.135 e. The Labute approximate surface area is 357 Å². The van der Waals surface area contributed by atoms with Crippen molar-refractivity contribution < 1.29 is 4.42 Å². The van der Waals surface area contributed by atoms with E-state index in [2.05, 4.69) is 217 Å². The van der Waals surface area contributed by atoms with Gasteiger partial charge >= 0.3 is 0 Å². The number of nitrogens with zero attached hydrogens (tertiary/aromatic N) is 1. The van der Waals surface area contributed by atoms with Crippen molar-refractivity contribution in [2.24, 2.45) is 0 Å². The average molecular weight is 796 g/mol. The number of para-hydroxylation sites is 1. The molecule has 0 fully saturated rings. The van der Waals surface area contributed by atoms with Gasteiger partial charge in [0.05, 0.1) is 0 Å². The Balaban J connectivity index is 0.928. The van der Waals surface area contributed by atoms with Crippen LogP contribution in [0.2, 0.25) is 0 Å². The van der Waals surface area contributed by atoms with Gasteiger partial charge in [0.25, 0.3) is 0 Å². The molecule has 0 N–H and O–H groups in total. The minimum atomic E-state index is 0.900. The minimum Gasteiger partial charge on any atom is -0.456 e. The minimum absolute atomic E-state index is 0.900. The molecule has 0 aliphatic carbocycles. The first-order chi connectivity index (χ1) is 30.2. The largest absolute Gasteiger partial charge is 0.456 e. The normalized spacial score (nSPS) is 11.6. The SMILES string of the molecule is c1cc(-c2ccc3oc4ccccc4c3c2)cc(N(c2ccc(-c3ccc(-c4cccc5ccccc45)cc3)cc2)c2ccc(-c3cccc4c3sc3ccccc34)cc2)c1. The lowest BCUT2D eigenvalue weighted by molar-refractivity contribution is 0.669. The molecule has 2 heterocycles. The van der Waals surface area contributed by atoms with E-state index in [9.17, 15) is 0 Å². The lowest BCUT2D eigenvalue weighted by Gasteiger charge is -2.26. The van der Waals surface area contributed by atoms with Crippen LogP contribution in [-0.4, -0.2) is 0 Å². The third-order valence-corrected chi connectivity index (χ3v) is 13.3. The van der Waals surface area contributed by atoms with Gasteiger partial charge in [-0.3, -0.25) is 0 Å². The Morgan fingerprint density at radius 3 is 1.67 bits per heavy atom. The fourth-order valence-corrected chi connectivity index (χ4v) is 10.3. The highest BCUT2D eigenvalue weighted by atomic mass is 32.1. The van der Waals surface area contributed by atoms with Gasteiger partial charge in [-0.15, -0.1) is 11.3 Å². The van der Waals surface area contributed by atoms with E-state index in [-0.39, 0.29) is 0 Å². The maximum atomic E-state index is 6.18. The van der Waals surface area contributed by atoms with Crippen LogP contribution in [0.1, 0.15) is 0 Å². The van der Waals surface area contributed by atoms with Crippen LogP contribution in [-0.2, 0) is 0 Å². The Morgan fingerprint density at radius 1 is 0.311 bits per heavy atom. The van der Waals surface area contributed by atoms with E-state index in [0.717, 1.165) is 50.1 Å². The van der Waals surface area contributed by atoms with Crippen molar-refractivity contribution in [1.82, 2.24) is 0 Å². The summed E-state index contributed by atoms with van der Waals surface area (Å²) in [5, 5.41) is 7.41. The number of anilines is 3. The molecule has 0 aliphatic heterocycles. The monoisotopic (exact) mass is 795 g/mol. The number of benzene rings is 10. The second-order valence-corrected chi connectivity index (χ2v) is 16.7. The quantitative estimate of drug-likeness (QED) is 0.160. The van der Waals surface area contributed by atoms with Crippen LogP contribution in [0.25, 0.3) is 97.4 Å². The van der Waals surface area contributed by atoms with Gasteiger partial charge in [0.15, 0.2) is 0 Å². The Hall–Kier alpha value is -7.72. The third-order valence-electron chi connectivity index (χ3n) is 12.1. The highest BCUT2D eigenvalue weighted by Gasteiger charge is 2.17. The van der Waals surface area contributed by atoms with Crippen molar-refractivity contribution >= 4 is 81.3 Å². The summed E-state index contributed by atoms with van der Waals surface area (Å²) >= 11 is 1.87. The highest BCUT2D eigenvalue weighted by molar-refractivity contribution is 7.26. The van der Waals surface area contributed by atoms with Gasteiger partial charge < -0.3 is 9.32 Å². The zero-order chi connectivity index (χ0) is 40.3. The molecule has 3 heteroatoms. The Bertz CT molecular complexity index is 3570. The number of thiophene rings is 1. The number of rotatable bonds is 7. The van der Waals surface area contributed by atoms with Gasteiger partial charge in [0.1, 0.15) is 11.2 Å². The predicted octanol–water partition coefficient (Wildman–Crippen LogP) is 17.2. The summed E-state index contributed by atoms with van der Waals surface area (Å²) in [4.78, 5) is 2.37. The zero-order valence-electron chi connectivity index (χ0n) is 33.1. The van der Waals surface area contributed by atoms with Crippen molar-refractivity contribution in [1.29, 1.82) is 0 Å². The molecule has 0 atom stereocenters. The van der Waals surface area contributed by atoms with Crippen LogP contribution in [0, 0.1) is 0 Å². The molecular formula is C58H37NOS. The van der Waals surface area contributed by atoms with Crippen molar-refractivity contribution in [3.63, 3.8) is 0 Å². The predicted molar refractivity (Wildman–Crippen MR) is 261 cm³/mol. The van der Waals surface area contributed by atoms with Crippen molar-refractivity contribution in [3.05, 3.63) is 224 Å². The van der Waals surface area contributed by atoms with E-state index < -0.39 is 0 Å². The molecule has 0 saturated heterocycles. The summed E-state index contributed by atoms with van der Waals surface area (Å²) in [6, 6.07) is 81.2. The lowest BCUT2D eigenvalue weighted by Crippen LogP contribution is -2.10. The average Bonchev–Trinajstić information content (AvgIpc) is 3.91. The molecule has 0 radical (unpaired) electrons. The fraction of sp³-hybridized carbons (Fsp3) is 0. The van der Waals surface area contributed by atoms with E-state index in [1.807, 2.05) is 23.5 Å². The van der Waals surface area contributed by atoms with Gasteiger partial charge in [0.2, 0.25) is 0 Å². The number of furan rings is 1. The summed E-state index contributed by atoms with van der Waals surface area (Å²) in [5.41, 5.74) is 14.7. The summed E-state index contributed by atoms with van der Waals surface area (Å²) < 4.78 is 8.82. The van der Waals surface area contributed by atoms with Crippen LogP contribution in [0.3, 0.4) is 0 Å². The molecule has 0 aliphatic rings.